The number of nitrogens with one attached hydrogen (secondary N) is 2. The van der Waals surface area contributed by atoms with E-state index in [0.717, 1.165) is 17.1 Å². The van der Waals surface area contributed by atoms with Gasteiger partial charge >= 0.3 is 0 Å². The Morgan fingerprint density at radius 1 is 0.947 bits per heavy atom. The van der Waals surface area contributed by atoms with Crippen LogP contribution >= 0.6 is 23.2 Å². The molecule has 0 aliphatic carbocycles. The SMILES string of the molecule is CNc1cc(Nc2cc(Cl)c(C)cc2Cl)nc(C)n1. The van der Waals surface area contributed by atoms with Crippen LogP contribution in [0.15, 0.2) is 18.2 Å². The number of hydrogen-bond acceptors (Lipinski definition) is 4. The molecule has 0 atom stereocenters. The lowest BCUT2D eigenvalue weighted by Gasteiger charge is -2.11. The zero-order chi connectivity index (χ0) is 14.0. The molecule has 2 N–H and O–H groups in total. The first kappa shape index (κ1) is 13.9. The second-order valence-electron chi connectivity index (χ2n) is 4.14. The highest BCUT2D eigenvalue weighted by molar-refractivity contribution is 6.35. The van der Waals surface area contributed by atoms with Crippen LogP contribution in [0.1, 0.15) is 11.4 Å². The third kappa shape index (κ3) is 3.28. The maximum atomic E-state index is 6.18. The number of nitrogens with zero attached hydrogens (tertiary/aromatic N) is 2. The standard InChI is InChI=1S/C13H14Cl2N4/c1-7-4-10(15)11(5-9(7)14)19-13-6-12(16-3)17-8(2)18-13/h4-6H,1-3H3,(H2,16,17,18,19). The van der Waals surface area contributed by atoms with Gasteiger partial charge in [-0.15, -0.1) is 0 Å². The molecule has 0 saturated heterocycles. The second-order valence-corrected chi connectivity index (χ2v) is 4.96. The Balaban J connectivity index is 2.36. The predicted octanol–water partition coefficient (Wildman–Crippen LogP) is 4.19. The number of anilines is 3. The van der Waals surface area contributed by atoms with Gasteiger partial charge in [0, 0.05) is 18.1 Å². The summed E-state index contributed by atoms with van der Waals surface area (Å²) in [6.07, 6.45) is 0. The van der Waals surface area contributed by atoms with Crippen LogP contribution in [0.3, 0.4) is 0 Å². The number of benzene rings is 1. The van der Waals surface area contributed by atoms with Gasteiger partial charge in [-0.25, -0.2) is 9.97 Å². The van der Waals surface area contributed by atoms with E-state index in [2.05, 4.69) is 20.6 Å². The molecule has 0 aliphatic rings. The zero-order valence-electron chi connectivity index (χ0n) is 10.9. The van der Waals surface area contributed by atoms with Crippen LogP contribution in [0.4, 0.5) is 17.3 Å². The van der Waals surface area contributed by atoms with Crippen molar-refractivity contribution in [1.29, 1.82) is 0 Å². The van der Waals surface area contributed by atoms with Crippen molar-refractivity contribution < 1.29 is 0 Å². The third-order valence-electron chi connectivity index (χ3n) is 2.61. The molecule has 2 rings (SSSR count). The van der Waals surface area contributed by atoms with Gasteiger partial charge in [0.15, 0.2) is 0 Å². The fourth-order valence-electron chi connectivity index (χ4n) is 1.64. The maximum Gasteiger partial charge on any atom is 0.136 e. The number of aryl methyl sites for hydroxylation is 2. The normalized spacial score (nSPS) is 10.4. The van der Waals surface area contributed by atoms with Gasteiger partial charge in [0.05, 0.1) is 10.7 Å². The number of rotatable bonds is 3. The van der Waals surface area contributed by atoms with E-state index in [-0.39, 0.29) is 0 Å². The Hall–Kier alpha value is -1.52. The summed E-state index contributed by atoms with van der Waals surface area (Å²) in [6, 6.07) is 5.41. The molecule has 100 valence electrons. The molecular weight excluding hydrogens is 283 g/mol. The summed E-state index contributed by atoms with van der Waals surface area (Å²) < 4.78 is 0. The largest absolute Gasteiger partial charge is 0.373 e. The van der Waals surface area contributed by atoms with Gasteiger partial charge in [-0.1, -0.05) is 23.2 Å². The number of halogens is 2. The summed E-state index contributed by atoms with van der Waals surface area (Å²) in [5.74, 6) is 2.08. The molecule has 0 saturated carbocycles. The fraction of sp³-hybridized carbons (Fsp3) is 0.231. The van der Waals surface area contributed by atoms with Crippen LogP contribution in [-0.4, -0.2) is 17.0 Å². The van der Waals surface area contributed by atoms with Crippen molar-refractivity contribution in [3.8, 4) is 0 Å². The average Bonchev–Trinajstić information content (AvgIpc) is 2.35. The lowest BCUT2D eigenvalue weighted by Crippen LogP contribution is -2.01. The minimum Gasteiger partial charge on any atom is -0.373 e. The van der Waals surface area contributed by atoms with Crippen LogP contribution in [-0.2, 0) is 0 Å². The summed E-state index contributed by atoms with van der Waals surface area (Å²) in [5.41, 5.74) is 1.66. The van der Waals surface area contributed by atoms with Crippen LogP contribution in [0, 0.1) is 13.8 Å². The van der Waals surface area contributed by atoms with Gasteiger partial charge in [0.1, 0.15) is 17.5 Å². The first-order chi connectivity index (χ1) is 8.99. The highest BCUT2D eigenvalue weighted by Crippen LogP contribution is 2.30. The quantitative estimate of drug-likeness (QED) is 0.892. The monoisotopic (exact) mass is 296 g/mol. The van der Waals surface area contributed by atoms with Gasteiger partial charge in [-0.3, -0.25) is 0 Å². The maximum absolute atomic E-state index is 6.18. The smallest absolute Gasteiger partial charge is 0.136 e. The molecule has 0 spiro atoms. The van der Waals surface area contributed by atoms with E-state index in [1.54, 1.807) is 19.2 Å². The molecule has 0 amide bonds. The summed E-state index contributed by atoms with van der Waals surface area (Å²) in [4.78, 5) is 8.53. The number of aromatic nitrogens is 2. The minimum absolute atomic E-state index is 0.601. The van der Waals surface area contributed by atoms with Crippen LogP contribution in [0.25, 0.3) is 0 Å². The van der Waals surface area contributed by atoms with Gasteiger partial charge < -0.3 is 10.6 Å². The molecule has 0 aliphatic heterocycles. The van der Waals surface area contributed by atoms with Crippen LogP contribution in [0.5, 0.6) is 0 Å². The van der Waals surface area contributed by atoms with E-state index >= 15 is 0 Å². The Morgan fingerprint density at radius 2 is 1.63 bits per heavy atom. The fourth-order valence-corrected chi connectivity index (χ4v) is 2.07. The van der Waals surface area contributed by atoms with E-state index in [0.29, 0.717) is 21.7 Å². The van der Waals surface area contributed by atoms with E-state index in [1.807, 2.05) is 19.9 Å². The predicted molar refractivity (Wildman–Crippen MR) is 80.8 cm³/mol. The minimum atomic E-state index is 0.601. The lowest BCUT2D eigenvalue weighted by molar-refractivity contribution is 1.06. The molecule has 4 nitrogen and oxygen atoms in total. The average molecular weight is 297 g/mol. The van der Waals surface area contributed by atoms with Crippen molar-refractivity contribution in [2.24, 2.45) is 0 Å². The molecule has 1 heterocycles. The van der Waals surface area contributed by atoms with E-state index in [9.17, 15) is 0 Å². The summed E-state index contributed by atoms with van der Waals surface area (Å²) in [7, 11) is 1.81. The molecule has 0 radical (unpaired) electrons. The Morgan fingerprint density at radius 3 is 2.32 bits per heavy atom. The summed E-state index contributed by atoms with van der Waals surface area (Å²) in [6.45, 7) is 3.74. The van der Waals surface area contributed by atoms with Crippen molar-refractivity contribution in [1.82, 2.24) is 9.97 Å². The van der Waals surface area contributed by atoms with Gasteiger partial charge in [-0.2, -0.15) is 0 Å². The highest BCUT2D eigenvalue weighted by Gasteiger charge is 2.07. The molecule has 0 fully saturated rings. The number of hydrogen-bond donors (Lipinski definition) is 2. The molecular formula is C13H14Cl2N4. The molecule has 19 heavy (non-hydrogen) atoms. The Labute approximate surface area is 122 Å². The first-order valence-corrected chi connectivity index (χ1v) is 6.51. The topological polar surface area (TPSA) is 49.8 Å². The van der Waals surface area contributed by atoms with E-state index in [4.69, 9.17) is 23.2 Å². The zero-order valence-corrected chi connectivity index (χ0v) is 12.4. The lowest BCUT2D eigenvalue weighted by atomic mass is 10.2. The molecule has 2 aromatic rings. The van der Waals surface area contributed by atoms with Crippen LogP contribution in [0.2, 0.25) is 10.0 Å². The molecule has 6 heteroatoms. The summed E-state index contributed by atoms with van der Waals surface area (Å²) >= 11 is 12.3. The third-order valence-corrected chi connectivity index (χ3v) is 3.33. The highest BCUT2D eigenvalue weighted by atomic mass is 35.5. The molecule has 1 aromatic carbocycles. The van der Waals surface area contributed by atoms with Crippen molar-refractivity contribution in [3.63, 3.8) is 0 Å². The second kappa shape index (κ2) is 5.63. The van der Waals surface area contributed by atoms with Gasteiger partial charge in [-0.05, 0) is 31.5 Å². The molecule has 0 bridgehead atoms. The van der Waals surface area contributed by atoms with Crippen molar-refractivity contribution in [2.45, 2.75) is 13.8 Å². The van der Waals surface area contributed by atoms with Gasteiger partial charge in [0.2, 0.25) is 0 Å². The Bertz CT molecular complexity index is 614. The van der Waals surface area contributed by atoms with E-state index < -0.39 is 0 Å². The molecule has 0 unspecified atom stereocenters. The van der Waals surface area contributed by atoms with Crippen molar-refractivity contribution in [2.75, 3.05) is 17.7 Å². The molecule has 1 aromatic heterocycles. The van der Waals surface area contributed by atoms with Gasteiger partial charge in [0.25, 0.3) is 0 Å². The van der Waals surface area contributed by atoms with Crippen molar-refractivity contribution >= 4 is 40.5 Å². The first-order valence-electron chi connectivity index (χ1n) is 5.75. The van der Waals surface area contributed by atoms with E-state index in [1.165, 1.54) is 0 Å². The Kier molecular flexibility index (Phi) is 4.12. The van der Waals surface area contributed by atoms with Crippen molar-refractivity contribution in [3.05, 3.63) is 39.6 Å². The summed E-state index contributed by atoms with van der Waals surface area (Å²) in [5, 5.41) is 7.39. The van der Waals surface area contributed by atoms with Crippen LogP contribution < -0.4 is 10.6 Å².